The zero-order valence-electron chi connectivity index (χ0n) is 10.6. The Morgan fingerprint density at radius 1 is 1.14 bits per heavy atom. The minimum absolute atomic E-state index is 0.142. The quantitative estimate of drug-likeness (QED) is 0.554. The lowest BCUT2D eigenvalue weighted by molar-refractivity contribution is -0.274. The van der Waals surface area contributed by atoms with E-state index in [1.54, 1.807) is 22.6 Å². The number of alkyl halides is 6. The van der Waals surface area contributed by atoms with Crippen LogP contribution in [0.15, 0.2) is 12.1 Å². The van der Waals surface area contributed by atoms with Crippen molar-refractivity contribution in [2.24, 2.45) is 0 Å². The summed E-state index contributed by atoms with van der Waals surface area (Å²) in [6.45, 7) is 0. The Morgan fingerprint density at radius 2 is 1.71 bits per heavy atom. The average Bonchev–Trinajstić information content (AvgIpc) is 3.05. The predicted molar refractivity (Wildman–Crippen MR) is 72.4 cm³/mol. The molecule has 0 radical (unpaired) electrons. The van der Waals surface area contributed by atoms with Gasteiger partial charge in [-0.2, -0.15) is 13.2 Å². The van der Waals surface area contributed by atoms with Crippen LogP contribution >= 0.6 is 22.6 Å². The van der Waals surface area contributed by atoms with Crippen LogP contribution in [0, 0.1) is 3.57 Å². The highest BCUT2D eigenvalue weighted by Crippen LogP contribution is 2.61. The first-order chi connectivity index (χ1) is 9.50. The summed E-state index contributed by atoms with van der Waals surface area (Å²) in [6.07, 6.45) is -9.77. The van der Waals surface area contributed by atoms with Gasteiger partial charge in [0.05, 0.1) is 11.1 Å². The van der Waals surface area contributed by atoms with Crippen molar-refractivity contribution in [2.75, 3.05) is 12.4 Å². The highest BCUT2D eigenvalue weighted by molar-refractivity contribution is 14.1. The van der Waals surface area contributed by atoms with Gasteiger partial charge in [0.1, 0.15) is 0 Å². The molecule has 9 heteroatoms. The smallest absolute Gasteiger partial charge is 0.404 e. The Morgan fingerprint density at radius 3 is 2.10 bits per heavy atom. The minimum atomic E-state index is -4.97. The van der Waals surface area contributed by atoms with Crippen molar-refractivity contribution in [2.45, 2.75) is 30.8 Å². The fraction of sp³-hybridized carbons (Fsp3) is 0.500. The fourth-order valence-corrected chi connectivity index (χ4v) is 2.85. The van der Waals surface area contributed by atoms with Crippen LogP contribution in [0.3, 0.4) is 0 Å². The second-order valence-corrected chi connectivity index (χ2v) is 5.95. The van der Waals surface area contributed by atoms with Gasteiger partial charge in [-0.25, -0.2) is 0 Å². The molecule has 0 aromatic heterocycles. The molecule has 1 saturated carbocycles. The molecule has 0 aliphatic heterocycles. The number of nitrogens with one attached hydrogen (secondary N) is 1. The van der Waals surface area contributed by atoms with Crippen LogP contribution < -0.4 is 10.1 Å². The zero-order valence-corrected chi connectivity index (χ0v) is 12.8. The van der Waals surface area contributed by atoms with Gasteiger partial charge in [-0.15, -0.1) is 13.2 Å². The number of benzene rings is 1. The van der Waals surface area contributed by atoms with E-state index in [4.69, 9.17) is 0 Å². The summed E-state index contributed by atoms with van der Waals surface area (Å²) < 4.78 is 80.9. The molecule has 0 heterocycles. The van der Waals surface area contributed by atoms with Crippen LogP contribution in [0.2, 0.25) is 0 Å². The largest absolute Gasteiger partial charge is 0.573 e. The Bertz CT molecular complexity index is 550. The summed E-state index contributed by atoms with van der Waals surface area (Å²) in [6, 6.07) is 2.30. The Hall–Kier alpha value is -0.870. The van der Waals surface area contributed by atoms with Gasteiger partial charge in [0.2, 0.25) is 0 Å². The first-order valence-electron chi connectivity index (χ1n) is 5.84. The monoisotopic (exact) mass is 425 g/mol. The summed E-state index contributed by atoms with van der Waals surface area (Å²) in [4.78, 5) is 0. The maximum atomic E-state index is 13.2. The van der Waals surface area contributed by atoms with Crippen molar-refractivity contribution in [1.82, 2.24) is 0 Å². The third-order valence-corrected chi connectivity index (χ3v) is 3.97. The van der Waals surface area contributed by atoms with Crippen molar-refractivity contribution in [3.05, 3.63) is 21.3 Å². The normalized spacial score (nSPS) is 17.5. The lowest BCUT2D eigenvalue weighted by Gasteiger charge is -2.24. The molecular formula is C12H10F6INO. The Labute approximate surface area is 130 Å². The van der Waals surface area contributed by atoms with Crippen molar-refractivity contribution in [3.8, 4) is 5.75 Å². The van der Waals surface area contributed by atoms with E-state index in [0.29, 0.717) is 0 Å². The van der Waals surface area contributed by atoms with E-state index in [9.17, 15) is 26.3 Å². The van der Waals surface area contributed by atoms with E-state index in [-0.39, 0.29) is 27.7 Å². The van der Waals surface area contributed by atoms with Crippen LogP contribution in [0.25, 0.3) is 0 Å². The standard InChI is InChI=1S/C12H10F6INO/c1-20-9-7(10(2-3-10)11(13,14)15)4-6(19)5-8(9)21-12(16,17)18/h4-5,20H,2-3H2,1H3. The molecule has 1 aromatic carbocycles. The third-order valence-electron chi connectivity index (χ3n) is 3.35. The first-order valence-corrected chi connectivity index (χ1v) is 6.92. The maximum Gasteiger partial charge on any atom is 0.573 e. The Kier molecular flexibility index (Phi) is 4.00. The number of anilines is 1. The zero-order chi connectivity index (χ0) is 16.1. The van der Waals surface area contributed by atoms with Gasteiger partial charge < -0.3 is 10.1 Å². The summed E-state index contributed by atoms with van der Waals surface area (Å²) in [5, 5.41) is 2.40. The average molecular weight is 425 g/mol. The van der Waals surface area contributed by atoms with Gasteiger partial charge >= 0.3 is 12.5 Å². The fourth-order valence-electron chi connectivity index (χ4n) is 2.25. The second-order valence-electron chi connectivity index (χ2n) is 4.70. The van der Waals surface area contributed by atoms with Gasteiger partial charge in [-0.05, 0) is 53.1 Å². The minimum Gasteiger partial charge on any atom is -0.404 e. The molecule has 0 saturated heterocycles. The van der Waals surface area contributed by atoms with Gasteiger partial charge in [-0.3, -0.25) is 0 Å². The lowest BCUT2D eigenvalue weighted by atomic mass is 9.93. The van der Waals surface area contributed by atoms with E-state index in [2.05, 4.69) is 10.1 Å². The molecule has 0 bridgehead atoms. The highest BCUT2D eigenvalue weighted by atomic mass is 127. The summed E-state index contributed by atoms with van der Waals surface area (Å²) in [7, 11) is 1.27. The van der Waals surface area contributed by atoms with Crippen LogP contribution in [0.1, 0.15) is 18.4 Å². The molecule has 118 valence electrons. The number of halogens is 7. The first kappa shape index (κ1) is 16.5. The predicted octanol–water partition coefficient (Wildman–Crippen LogP) is 4.83. The van der Waals surface area contributed by atoms with Crippen molar-refractivity contribution < 1.29 is 31.1 Å². The van der Waals surface area contributed by atoms with E-state index in [0.717, 1.165) is 6.07 Å². The molecule has 21 heavy (non-hydrogen) atoms. The van der Waals surface area contributed by atoms with E-state index < -0.39 is 23.7 Å². The number of hydrogen-bond donors (Lipinski definition) is 1. The molecule has 1 aromatic rings. The number of ether oxygens (including phenoxy) is 1. The molecule has 0 spiro atoms. The molecule has 1 fully saturated rings. The molecule has 2 rings (SSSR count). The molecule has 1 aliphatic carbocycles. The third kappa shape index (κ3) is 3.16. The van der Waals surface area contributed by atoms with Gasteiger partial charge in [-0.1, -0.05) is 0 Å². The van der Waals surface area contributed by atoms with Crippen LogP contribution in [-0.2, 0) is 5.41 Å². The van der Waals surface area contributed by atoms with Crippen LogP contribution in [-0.4, -0.2) is 19.6 Å². The summed E-state index contributed by atoms with van der Waals surface area (Å²) >= 11 is 1.67. The Balaban J connectivity index is 2.57. The van der Waals surface area contributed by atoms with Gasteiger partial charge in [0.25, 0.3) is 0 Å². The van der Waals surface area contributed by atoms with Crippen LogP contribution in [0.5, 0.6) is 5.75 Å². The van der Waals surface area contributed by atoms with Crippen molar-refractivity contribution in [1.29, 1.82) is 0 Å². The topological polar surface area (TPSA) is 21.3 Å². The van der Waals surface area contributed by atoms with Crippen LogP contribution in [0.4, 0.5) is 32.0 Å². The summed E-state index contributed by atoms with van der Waals surface area (Å²) in [5.74, 6) is -0.651. The van der Waals surface area contributed by atoms with E-state index in [1.165, 1.54) is 13.1 Å². The molecular weight excluding hydrogens is 415 g/mol. The number of hydrogen-bond acceptors (Lipinski definition) is 2. The van der Waals surface area contributed by atoms with Gasteiger partial charge in [0.15, 0.2) is 5.75 Å². The molecule has 0 amide bonds. The van der Waals surface area contributed by atoms with Crippen molar-refractivity contribution >= 4 is 28.3 Å². The number of rotatable bonds is 3. The van der Waals surface area contributed by atoms with Crippen molar-refractivity contribution in [3.63, 3.8) is 0 Å². The lowest BCUT2D eigenvalue weighted by Crippen LogP contribution is -2.30. The molecule has 0 unspecified atom stereocenters. The maximum absolute atomic E-state index is 13.2. The second kappa shape index (κ2) is 5.10. The van der Waals surface area contributed by atoms with E-state index in [1.807, 2.05) is 0 Å². The summed E-state index contributed by atoms with van der Waals surface area (Å²) in [5.41, 5.74) is -2.57. The molecule has 1 N–H and O–H groups in total. The SMILES string of the molecule is CNc1c(OC(F)(F)F)cc(I)cc1C1(C(F)(F)F)CC1. The molecule has 0 atom stereocenters. The molecule has 1 aliphatic rings. The highest BCUT2D eigenvalue weighted by Gasteiger charge is 2.65. The van der Waals surface area contributed by atoms with Gasteiger partial charge in [0, 0.05) is 10.6 Å². The van der Waals surface area contributed by atoms with E-state index >= 15 is 0 Å². The molecule has 2 nitrogen and oxygen atoms in total.